The Balaban J connectivity index is 2.82. The molecule has 0 fully saturated rings. The van der Waals surface area contributed by atoms with Crippen molar-refractivity contribution in [3.8, 4) is 0 Å². The molecule has 0 saturated heterocycles. The largest absolute Gasteiger partial charge is 0.465 e. The third-order valence-electron chi connectivity index (χ3n) is 2.19. The fraction of sp³-hybridized carbons (Fsp3) is 0.100. The minimum Gasteiger partial charge on any atom is -0.465 e. The molecule has 1 heterocycles. The van der Waals surface area contributed by atoms with Crippen LogP contribution in [0, 0.1) is 0 Å². The maximum Gasteiger partial charge on any atom is 0.342 e. The molecule has 0 aliphatic heterocycles. The van der Waals surface area contributed by atoms with Crippen molar-refractivity contribution in [2.24, 2.45) is 0 Å². The van der Waals surface area contributed by atoms with E-state index in [1.54, 1.807) is 18.2 Å². The maximum atomic E-state index is 11.5. The second-order valence-electron chi connectivity index (χ2n) is 3.07. The average molecular weight is 225 g/mol. The van der Waals surface area contributed by atoms with Crippen LogP contribution < -0.4 is 5.73 Å². The first-order chi connectivity index (χ1) is 7.15. The molecule has 0 aliphatic carbocycles. The van der Waals surface area contributed by atoms with Crippen LogP contribution in [0.4, 0.5) is 5.82 Å². The van der Waals surface area contributed by atoms with E-state index in [0.29, 0.717) is 10.4 Å². The molecule has 3 N–H and O–H groups in total. The zero-order chi connectivity index (χ0) is 11.0. The molecule has 0 amide bonds. The highest BCUT2D eigenvalue weighted by Crippen LogP contribution is 2.30. The van der Waals surface area contributed by atoms with Crippen molar-refractivity contribution in [1.82, 2.24) is 4.98 Å². The van der Waals surface area contributed by atoms with E-state index in [9.17, 15) is 4.79 Å². The van der Waals surface area contributed by atoms with Gasteiger partial charge in [-0.3, -0.25) is 0 Å². The van der Waals surface area contributed by atoms with Crippen LogP contribution in [-0.4, -0.2) is 18.1 Å². The Morgan fingerprint density at radius 2 is 2.27 bits per heavy atom. The predicted octanol–water partition coefficient (Wildman–Crippen LogP) is 2.19. The summed E-state index contributed by atoms with van der Waals surface area (Å²) in [5.41, 5.74) is 6.70. The summed E-state index contributed by atoms with van der Waals surface area (Å²) >= 11 is 5.99. The highest BCUT2D eigenvalue weighted by molar-refractivity contribution is 6.37. The van der Waals surface area contributed by atoms with Gasteiger partial charge in [0.2, 0.25) is 0 Å². The van der Waals surface area contributed by atoms with Gasteiger partial charge in [0.25, 0.3) is 0 Å². The molecule has 0 spiro atoms. The molecule has 5 heteroatoms. The van der Waals surface area contributed by atoms with E-state index in [-0.39, 0.29) is 11.4 Å². The number of nitrogens with two attached hydrogens (primary N) is 1. The standard InChI is InChI=1S/C10H9ClN2O2/c1-15-10(14)8-7-5(11)3-2-4-6(7)13-9(8)12/h2-4,13H,12H2,1H3. The van der Waals surface area contributed by atoms with Gasteiger partial charge in [-0.25, -0.2) is 4.79 Å². The Hall–Kier alpha value is -1.68. The number of benzene rings is 1. The molecule has 1 aromatic carbocycles. The Kier molecular flexibility index (Phi) is 2.28. The molecular weight excluding hydrogens is 216 g/mol. The SMILES string of the molecule is COC(=O)c1c(N)[nH]c2cccc(Cl)c12. The molecule has 0 bridgehead atoms. The molecule has 0 unspecified atom stereocenters. The summed E-state index contributed by atoms with van der Waals surface area (Å²) in [5, 5.41) is 1.07. The number of aromatic amines is 1. The third-order valence-corrected chi connectivity index (χ3v) is 2.51. The van der Waals surface area contributed by atoms with Crippen LogP contribution in [0.2, 0.25) is 5.02 Å². The molecular formula is C10H9ClN2O2. The Morgan fingerprint density at radius 1 is 1.53 bits per heavy atom. The first-order valence-corrected chi connectivity index (χ1v) is 4.67. The lowest BCUT2D eigenvalue weighted by atomic mass is 10.1. The summed E-state index contributed by atoms with van der Waals surface area (Å²) in [7, 11) is 1.30. The van der Waals surface area contributed by atoms with Crippen LogP contribution in [0.1, 0.15) is 10.4 Å². The van der Waals surface area contributed by atoms with E-state index in [1.165, 1.54) is 7.11 Å². The lowest BCUT2D eigenvalue weighted by molar-refractivity contribution is 0.0604. The van der Waals surface area contributed by atoms with Crippen molar-refractivity contribution in [1.29, 1.82) is 0 Å². The quantitative estimate of drug-likeness (QED) is 0.730. The lowest BCUT2D eigenvalue weighted by Crippen LogP contribution is -2.03. The van der Waals surface area contributed by atoms with Crippen LogP contribution in [0.25, 0.3) is 10.9 Å². The number of rotatable bonds is 1. The number of hydrogen-bond acceptors (Lipinski definition) is 3. The second-order valence-corrected chi connectivity index (χ2v) is 3.47. The molecule has 0 atom stereocenters. The van der Waals surface area contributed by atoms with E-state index in [4.69, 9.17) is 17.3 Å². The number of anilines is 1. The first kappa shape index (κ1) is 9.86. The van der Waals surface area contributed by atoms with Crippen molar-refractivity contribution in [2.75, 3.05) is 12.8 Å². The van der Waals surface area contributed by atoms with Crippen molar-refractivity contribution in [3.05, 3.63) is 28.8 Å². The zero-order valence-corrected chi connectivity index (χ0v) is 8.76. The van der Waals surface area contributed by atoms with E-state index >= 15 is 0 Å². The van der Waals surface area contributed by atoms with E-state index in [2.05, 4.69) is 9.72 Å². The van der Waals surface area contributed by atoms with E-state index in [0.717, 1.165) is 5.52 Å². The number of carbonyl (C=O) groups is 1. The molecule has 15 heavy (non-hydrogen) atoms. The predicted molar refractivity (Wildman–Crippen MR) is 59.1 cm³/mol. The number of fused-ring (bicyclic) bond motifs is 1. The van der Waals surface area contributed by atoms with Gasteiger partial charge in [-0.2, -0.15) is 0 Å². The fourth-order valence-electron chi connectivity index (χ4n) is 1.54. The molecule has 0 aliphatic rings. The number of ether oxygens (including phenoxy) is 1. The van der Waals surface area contributed by atoms with Gasteiger partial charge in [-0.1, -0.05) is 17.7 Å². The normalized spacial score (nSPS) is 10.5. The van der Waals surface area contributed by atoms with Crippen LogP contribution in [0.5, 0.6) is 0 Å². The van der Waals surface area contributed by atoms with Gasteiger partial charge >= 0.3 is 5.97 Å². The minimum atomic E-state index is -0.494. The number of hydrogen-bond donors (Lipinski definition) is 2. The van der Waals surface area contributed by atoms with E-state index in [1.807, 2.05) is 0 Å². The monoisotopic (exact) mass is 224 g/mol. The first-order valence-electron chi connectivity index (χ1n) is 4.29. The second kappa shape index (κ2) is 3.47. The zero-order valence-electron chi connectivity index (χ0n) is 8.00. The number of methoxy groups -OCH3 is 1. The fourth-order valence-corrected chi connectivity index (χ4v) is 1.81. The van der Waals surface area contributed by atoms with Crippen LogP contribution in [-0.2, 0) is 4.74 Å². The lowest BCUT2D eigenvalue weighted by Gasteiger charge is -1.99. The smallest absolute Gasteiger partial charge is 0.342 e. The molecule has 2 aromatic rings. The summed E-state index contributed by atoms with van der Waals surface area (Å²) in [5.74, 6) is -0.225. The topological polar surface area (TPSA) is 68.1 Å². The third kappa shape index (κ3) is 1.43. The molecule has 0 radical (unpaired) electrons. The van der Waals surface area contributed by atoms with Gasteiger partial charge in [-0.05, 0) is 12.1 Å². The van der Waals surface area contributed by atoms with Gasteiger partial charge in [0.05, 0.1) is 12.1 Å². The maximum absolute atomic E-state index is 11.5. The molecule has 1 aromatic heterocycles. The van der Waals surface area contributed by atoms with Crippen molar-refractivity contribution in [2.45, 2.75) is 0 Å². The Bertz CT molecular complexity index is 533. The van der Waals surface area contributed by atoms with Gasteiger partial charge in [0, 0.05) is 10.9 Å². The minimum absolute atomic E-state index is 0.268. The van der Waals surface area contributed by atoms with Gasteiger partial charge in [-0.15, -0.1) is 0 Å². The van der Waals surface area contributed by atoms with Crippen LogP contribution in [0.15, 0.2) is 18.2 Å². The molecule has 2 rings (SSSR count). The molecule has 4 nitrogen and oxygen atoms in total. The number of H-pyrrole nitrogens is 1. The summed E-state index contributed by atoms with van der Waals surface area (Å²) in [6.45, 7) is 0. The Labute approximate surface area is 91.0 Å². The van der Waals surface area contributed by atoms with Crippen molar-refractivity contribution in [3.63, 3.8) is 0 Å². The van der Waals surface area contributed by atoms with Gasteiger partial charge in [0.15, 0.2) is 0 Å². The molecule has 78 valence electrons. The van der Waals surface area contributed by atoms with Gasteiger partial charge in [0.1, 0.15) is 11.4 Å². The van der Waals surface area contributed by atoms with Crippen molar-refractivity contribution < 1.29 is 9.53 Å². The van der Waals surface area contributed by atoms with E-state index < -0.39 is 5.97 Å². The number of halogens is 1. The van der Waals surface area contributed by atoms with Gasteiger partial charge < -0.3 is 15.5 Å². The van der Waals surface area contributed by atoms with Crippen LogP contribution >= 0.6 is 11.6 Å². The molecule has 0 saturated carbocycles. The highest BCUT2D eigenvalue weighted by Gasteiger charge is 2.19. The number of carbonyl (C=O) groups excluding carboxylic acids is 1. The Morgan fingerprint density at radius 3 is 2.93 bits per heavy atom. The number of aromatic nitrogens is 1. The summed E-state index contributed by atoms with van der Waals surface area (Å²) in [6, 6.07) is 5.27. The summed E-state index contributed by atoms with van der Waals surface area (Å²) in [4.78, 5) is 14.4. The van der Waals surface area contributed by atoms with Crippen molar-refractivity contribution >= 4 is 34.3 Å². The van der Waals surface area contributed by atoms with Crippen LogP contribution in [0.3, 0.4) is 0 Å². The average Bonchev–Trinajstić information content (AvgIpc) is 2.55. The summed E-state index contributed by atoms with van der Waals surface area (Å²) in [6.07, 6.45) is 0. The number of nitrogens with one attached hydrogen (secondary N) is 1. The highest BCUT2D eigenvalue weighted by atomic mass is 35.5. The number of esters is 1. The summed E-state index contributed by atoms with van der Waals surface area (Å²) < 4.78 is 4.64. The number of nitrogen functional groups attached to an aromatic ring is 1.